The molecule has 0 radical (unpaired) electrons. The fraction of sp³-hybridized carbons (Fsp3) is 0.444. The van der Waals surface area contributed by atoms with Gasteiger partial charge in [0.05, 0.1) is 23.9 Å². The molecule has 0 aliphatic carbocycles. The summed E-state index contributed by atoms with van der Waals surface area (Å²) >= 11 is 4.68. The first-order chi connectivity index (χ1) is 12.0. The van der Waals surface area contributed by atoms with Gasteiger partial charge in [-0.1, -0.05) is 26.2 Å². The van der Waals surface area contributed by atoms with Crippen molar-refractivity contribution in [3.8, 4) is 22.1 Å². The monoisotopic (exact) mass is 427 g/mol. The SMILES string of the molecule is CCCCCCOc1c(Br)cc(-c2nc(C)c(C(=O)O)s2)cc1OC. The van der Waals surface area contributed by atoms with E-state index in [-0.39, 0.29) is 4.88 Å². The summed E-state index contributed by atoms with van der Waals surface area (Å²) in [7, 11) is 1.59. The Morgan fingerprint density at radius 1 is 1.32 bits per heavy atom. The Morgan fingerprint density at radius 2 is 2.08 bits per heavy atom. The molecule has 0 saturated heterocycles. The number of hydrogen-bond acceptors (Lipinski definition) is 5. The summed E-state index contributed by atoms with van der Waals surface area (Å²) in [5, 5.41) is 9.84. The molecular weight excluding hydrogens is 406 g/mol. The van der Waals surface area contributed by atoms with Gasteiger partial charge in [-0.25, -0.2) is 9.78 Å². The number of carboxylic acids is 1. The Balaban J connectivity index is 2.23. The van der Waals surface area contributed by atoms with Crippen LogP contribution in [-0.2, 0) is 0 Å². The van der Waals surface area contributed by atoms with Gasteiger partial charge in [0, 0.05) is 5.56 Å². The molecule has 0 spiro atoms. The van der Waals surface area contributed by atoms with Gasteiger partial charge in [-0.3, -0.25) is 0 Å². The Kier molecular flexibility index (Phi) is 7.25. The number of rotatable bonds is 9. The van der Waals surface area contributed by atoms with Gasteiger partial charge < -0.3 is 14.6 Å². The molecule has 0 aliphatic rings. The second-order valence-electron chi connectivity index (χ2n) is 5.64. The van der Waals surface area contributed by atoms with Crippen LogP contribution in [0.25, 0.3) is 10.6 Å². The Hall–Kier alpha value is -1.60. The fourth-order valence-electron chi connectivity index (χ4n) is 2.40. The largest absolute Gasteiger partial charge is 0.493 e. The van der Waals surface area contributed by atoms with Crippen molar-refractivity contribution >= 4 is 33.2 Å². The number of aromatic nitrogens is 1. The van der Waals surface area contributed by atoms with Gasteiger partial charge in [0.1, 0.15) is 9.88 Å². The van der Waals surface area contributed by atoms with Gasteiger partial charge in [-0.05, 0) is 41.4 Å². The van der Waals surface area contributed by atoms with Gasteiger partial charge in [0.2, 0.25) is 0 Å². The van der Waals surface area contributed by atoms with Crippen LogP contribution in [-0.4, -0.2) is 29.8 Å². The van der Waals surface area contributed by atoms with Crippen LogP contribution in [0, 0.1) is 6.92 Å². The lowest BCUT2D eigenvalue weighted by atomic mass is 10.2. The Morgan fingerprint density at radius 3 is 2.68 bits per heavy atom. The van der Waals surface area contributed by atoms with Crippen LogP contribution in [0.1, 0.15) is 48.0 Å². The Bertz CT molecular complexity index is 745. The zero-order valence-corrected chi connectivity index (χ0v) is 17.0. The molecule has 2 aromatic rings. The molecule has 0 amide bonds. The van der Waals surface area contributed by atoms with Gasteiger partial charge in [-0.15, -0.1) is 11.3 Å². The van der Waals surface area contributed by atoms with Gasteiger partial charge >= 0.3 is 5.97 Å². The lowest BCUT2D eigenvalue weighted by Crippen LogP contribution is -2.00. The molecular formula is C18H22BrNO4S. The molecule has 0 aliphatic heterocycles. The molecule has 25 heavy (non-hydrogen) atoms. The molecule has 0 atom stereocenters. The van der Waals surface area contributed by atoms with Crippen molar-refractivity contribution in [2.24, 2.45) is 0 Å². The molecule has 0 saturated carbocycles. The minimum absolute atomic E-state index is 0.251. The standard InChI is InChI=1S/C18H22BrNO4S/c1-4-5-6-7-8-24-15-13(19)9-12(10-14(15)23-3)17-20-11(2)16(25-17)18(21)22/h9-10H,4-8H2,1-3H3,(H,21,22). The third kappa shape index (κ3) is 4.95. The normalized spacial score (nSPS) is 10.7. The van der Waals surface area contributed by atoms with Crippen LogP contribution >= 0.6 is 27.3 Å². The molecule has 0 fully saturated rings. The third-order valence-corrected chi connectivity index (χ3v) is 5.50. The maximum Gasteiger partial charge on any atom is 0.347 e. The van der Waals surface area contributed by atoms with Crippen molar-refractivity contribution in [2.45, 2.75) is 39.5 Å². The summed E-state index contributed by atoms with van der Waals surface area (Å²) < 4.78 is 12.1. The first-order valence-electron chi connectivity index (χ1n) is 8.19. The van der Waals surface area contributed by atoms with Crippen molar-refractivity contribution in [3.63, 3.8) is 0 Å². The number of aromatic carboxylic acids is 1. The van der Waals surface area contributed by atoms with E-state index < -0.39 is 5.97 Å². The van der Waals surface area contributed by atoms with Gasteiger partial charge in [0.15, 0.2) is 11.5 Å². The van der Waals surface area contributed by atoms with E-state index in [0.717, 1.165) is 34.2 Å². The summed E-state index contributed by atoms with van der Waals surface area (Å²) in [4.78, 5) is 15.8. The van der Waals surface area contributed by atoms with E-state index in [1.807, 2.05) is 12.1 Å². The zero-order valence-electron chi connectivity index (χ0n) is 14.6. The second kappa shape index (κ2) is 9.20. The van der Waals surface area contributed by atoms with Crippen molar-refractivity contribution in [3.05, 3.63) is 27.2 Å². The number of aryl methyl sites for hydroxylation is 1. The highest BCUT2D eigenvalue weighted by atomic mass is 79.9. The molecule has 2 rings (SSSR count). The van der Waals surface area contributed by atoms with E-state index in [9.17, 15) is 9.90 Å². The highest BCUT2D eigenvalue weighted by Gasteiger charge is 2.18. The van der Waals surface area contributed by atoms with Crippen LogP contribution in [0.4, 0.5) is 0 Å². The number of methoxy groups -OCH3 is 1. The average Bonchev–Trinajstić information content (AvgIpc) is 2.97. The predicted octanol–water partition coefficient (Wildman–Crippen LogP) is 5.55. The minimum atomic E-state index is -0.959. The lowest BCUT2D eigenvalue weighted by Gasteiger charge is -2.14. The van der Waals surface area contributed by atoms with E-state index in [2.05, 4.69) is 27.8 Å². The molecule has 1 N–H and O–H groups in total. The van der Waals surface area contributed by atoms with Crippen molar-refractivity contribution in [1.82, 2.24) is 4.98 Å². The number of benzene rings is 1. The van der Waals surface area contributed by atoms with Crippen LogP contribution in [0.5, 0.6) is 11.5 Å². The first-order valence-corrected chi connectivity index (χ1v) is 9.80. The lowest BCUT2D eigenvalue weighted by molar-refractivity contribution is 0.0701. The summed E-state index contributed by atoms with van der Waals surface area (Å²) in [6, 6.07) is 3.71. The van der Waals surface area contributed by atoms with Gasteiger partial charge in [0.25, 0.3) is 0 Å². The number of thiazole rings is 1. The quantitative estimate of drug-likeness (QED) is 0.531. The number of nitrogens with zero attached hydrogens (tertiary/aromatic N) is 1. The molecule has 5 nitrogen and oxygen atoms in total. The van der Waals surface area contributed by atoms with E-state index in [1.54, 1.807) is 14.0 Å². The molecule has 0 unspecified atom stereocenters. The van der Waals surface area contributed by atoms with E-state index >= 15 is 0 Å². The highest BCUT2D eigenvalue weighted by molar-refractivity contribution is 9.10. The van der Waals surface area contributed by atoms with E-state index in [1.165, 1.54) is 12.8 Å². The first kappa shape index (κ1) is 19.7. The number of carboxylic acid groups (broad SMARTS) is 1. The van der Waals surface area contributed by atoms with Gasteiger partial charge in [-0.2, -0.15) is 0 Å². The molecule has 136 valence electrons. The van der Waals surface area contributed by atoms with Crippen LogP contribution in [0.15, 0.2) is 16.6 Å². The summed E-state index contributed by atoms with van der Waals surface area (Å²) in [6.45, 7) is 4.51. The maximum absolute atomic E-state index is 11.2. The smallest absolute Gasteiger partial charge is 0.347 e. The van der Waals surface area contributed by atoms with Crippen molar-refractivity contribution < 1.29 is 19.4 Å². The minimum Gasteiger partial charge on any atom is -0.493 e. The summed E-state index contributed by atoms with van der Waals surface area (Å²) in [6.07, 6.45) is 4.53. The zero-order chi connectivity index (χ0) is 18.4. The molecule has 1 aromatic heterocycles. The number of halogens is 1. The van der Waals surface area contributed by atoms with Crippen LogP contribution < -0.4 is 9.47 Å². The average molecular weight is 428 g/mol. The van der Waals surface area contributed by atoms with Crippen LogP contribution in [0.3, 0.4) is 0 Å². The summed E-state index contributed by atoms with van der Waals surface area (Å²) in [5.74, 6) is 0.304. The summed E-state index contributed by atoms with van der Waals surface area (Å²) in [5.41, 5.74) is 1.31. The molecule has 1 aromatic carbocycles. The number of unbranched alkanes of at least 4 members (excludes halogenated alkanes) is 3. The topological polar surface area (TPSA) is 68.7 Å². The van der Waals surface area contributed by atoms with E-state index in [4.69, 9.17) is 9.47 Å². The highest BCUT2D eigenvalue weighted by Crippen LogP contribution is 2.41. The van der Waals surface area contributed by atoms with E-state index in [0.29, 0.717) is 28.8 Å². The number of hydrogen-bond donors (Lipinski definition) is 1. The molecule has 0 bridgehead atoms. The van der Waals surface area contributed by atoms with Crippen molar-refractivity contribution in [2.75, 3.05) is 13.7 Å². The number of ether oxygens (including phenoxy) is 2. The third-order valence-electron chi connectivity index (χ3n) is 3.71. The fourth-order valence-corrected chi connectivity index (χ4v) is 3.85. The second-order valence-corrected chi connectivity index (χ2v) is 7.49. The predicted molar refractivity (Wildman–Crippen MR) is 103 cm³/mol. The molecule has 1 heterocycles. The Labute approximate surface area is 160 Å². The molecule has 7 heteroatoms. The van der Waals surface area contributed by atoms with Crippen LogP contribution in [0.2, 0.25) is 0 Å². The maximum atomic E-state index is 11.2. The van der Waals surface area contributed by atoms with Crippen molar-refractivity contribution in [1.29, 1.82) is 0 Å². The number of carbonyl (C=O) groups is 1.